The molecule has 2 rings (SSSR count). The fourth-order valence-corrected chi connectivity index (χ4v) is 3.56. The van der Waals surface area contributed by atoms with E-state index in [2.05, 4.69) is 0 Å². The second-order valence-electron chi connectivity index (χ2n) is 4.37. The summed E-state index contributed by atoms with van der Waals surface area (Å²) >= 11 is 0. The highest BCUT2D eigenvalue weighted by molar-refractivity contribution is 7.89. The monoisotopic (exact) mass is 286 g/mol. The van der Waals surface area contributed by atoms with Crippen molar-refractivity contribution >= 4 is 10.0 Å². The van der Waals surface area contributed by atoms with Crippen molar-refractivity contribution in [3.63, 3.8) is 0 Å². The van der Waals surface area contributed by atoms with Crippen LogP contribution in [-0.4, -0.2) is 31.7 Å². The number of nitriles is 1. The highest BCUT2D eigenvalue weighted by Crippen LogP contribution is 2.31. The van der Waals surface area contributed by atoms with Crippen LogP contribution in [0.2, 0.25) is 0 Å². The first-order chi connectivity index (χ1) is 8.87. The van der Waals surface area contributed by atoms with Crippen LogP contribution in [0.3, 0.4) is 0 Å². The molecule has 0 aliphatic carbocycles. The van der Waals surface area contributed by atoms with Crippen LogP contribution >= 0.6 is 0 Å². The lowest BCUT2D eigenvalue weighted by molar-refractivity contribution is -0.0412. The molecule has 1 saturated heterocycles. The zero-order chi connectivity index (χ0) is 14.1. The van der Waals surface area contributed by atoms with Crippen molar-refractivity contribution in [1.82, 2.24) is 4.31 Å². The minimum absolute atomic E-state index is 0.0276. The lowest BCUT2D eigenvalue weighted by Crippen LogP contribution is -2.42. The molecule has 19 heavy (non-hydrogen) atoms. The van der Waals surface area contributed by atoms with Gasteiger partial charge in [0.25, 0.3) is 5.92 Å². The highest BCUT2D eigenvalue weighted by atomic mass is 32.2. The number of sulfonamides is 1. The second kappa shape index (κ2) is 4.87. The average Bonchev–Trinajstić information content (AvgIpc) is 2.38. The molecule has 0 spiro atoms. The van der Waals surface area contributed by atoms with Gasteiger partial charge in [0.2, 0.25) is 10.0 Å². The van der Waals surface area contributed by atoms with Crippen molar-refractivity contribution < 1.29 is 17.2 Å². The summed E-state index contributed by atoms with van der Waals surface area (Å²) in [4.78, 5) is -0.122. The Bertz CT molecular complexity index is 613. The van der Waals surface area contributed by atoms with Crippen LogP contribution in [0.5, 0.6) is 0 Å². The number of nitrogens with zero attached hydrogens (tertiary/aromatic N) is 2. The quantitative estimate of drug-likeness (QED) is 0.835. The number of rotatable bonds is 2. The van der Waals surface area contributed by atoms with Crippen molar-refractivity contribution in [2.24, 2.45) is 0 Å². The first-order valence-corrected chi connectivity index (χ1v) is 7.18. The third-order valence-electron chi connectivity index (χ3n) is 3.08. The maximum Gasteiger partial charge on any atom is 0.250 e. The minimum Gasteiger partial charge on any atom is -0.207 e. The van der Waals surface area contributed by atoms with E-state index in [9.17, 15) is 17.2 Å². The van der Waals surface area contributed by atoms with E-state index in [-0.39, 0.29) is 23.5 Å². The molecule has 1 heterocycles. The topological polar surface area (TPSA) is 61.2 Å². The molecule has 0 N–H and O–H groups in total. The van der Waals surface area contributed by atoms with Gasteiger partial charge in [-0.2, -0.15) is 9.57 Å². The zero-order valence-corrected chi connectivity index (χ0v) is 10.8. The van der Waals surface area contributed by atoms with Gasteiger partial charge in [0, 0.05) is 25.9 Å². The number of hydrogen-bond donors (Lipinski definition) is 0. The number of hydrogen-bond acceptors (Lipinski definition) is 3. The first-order valence-electron chi connectivity index (χ1n) is 5.74. The van der Waals surface area contributed by atoms with E-state index in [0.717, 1.165) is 4.31 Å². The molecular formula is C12H12F2N2O2S. The van der Waals surface area contributed by atoms with Crippen LogP contribution in [0.15, 0.2) is 29.2 Å². The Morgan fingerprint density at radius 3 is 2.37 bits per heavy atom. The molecule has 0 unspecified atom stereocenters. The van der Waals surface area contributed by atoms with Gasteiger partial charge in [-0.3, -0.25) is 0 Å². The molecule has 1 aliphatic heterocycles. The minimum atomic E-state index is -3.88. The molecule has 7 heteroatoms. The van der Waals surface area contributed by atoms with Crippen LogP contribution in [0.25, 0.3) is 0 Å². The van der Waals surface area contributed by atoms with E-state index in [1.807, 2.05) is 0 Å². The summed E-state index contributed by atoms with van der Waals surface area (Å²) in [6, 6.07) is 7.58. The van der Waals surface area contributed by atoms with Crippen LogP contribution in [0.4, 0.5) is 8.78 Å². The average molecular weight is 286 g/mol. The Balaban J connectivity index is 2.32. The Hall–Kier alpha value is -1.52. The van der Waals surface area contributed by atoms with Gasteiger partial charge in [-0.05, 0) is 12.1 Å². The SMILES string of the molecule is N#Cc1ccccc1S(=O)(=O)N1CCC(F)(F)CC1. The molecule has 0 atom stereocenters. The van der Waals surface area contributed by atoms with E-state index in [0.29, 0.717) is 0 Å². The normalized spacial score (nSPS) is 19.8. The molecule has 0 saturated carbocycles. The standard InChI is InChI=1S/C12H12F2N2O2S/c13-12(14)5-7-16(8-6-12)19(17,18)11-4-2-1-3-10(11)9-15/h1-4H,5-8H2. The van der Waals surface area contributed by atoms with Gasteiger partial charge < -0.3 is 0 Å². The third kappa shape index (κ3) is 2.74. The number of alkyl halides is 2. The molecule has 4 nitrogen and oxygen atoms in total. The van der Waals surface area contributed by atoms with Crippen LogP contribution in [-0.2, 0) is 10.0 Å². The number of benzene rings is 1. The molecule has 0 amide bonds. The van der Waals surface area contributed by atoms with E-state index >= 15 is 0 Å². The summed E-state index contributed by atoms with van der Waals surface area (Å²) in [6.07, 6.45) is -0.970. The fraction of sp³-hybridized carbons (Fsp3) is 0.417. The predicted molar refractivity (Wildman–Crippen MR) is 64.1 cm³/mol. The molecule has 0 aromatic heterocycles. The number of piperidine rings is 1. The molecule has 1 aromatic carbocycles. The van der Waals surface area contributed by atoms with Crippen molar-refractivity contribution in [1.29, 1.82) is 5.26 Å². The summed E-state index contributed by atoms with van der Waals surface area (Å²) < 4.78 is 51.7. The molecule has 1 fully saturated rings. The molecule has 0 bridgehead atoms. The van der Waals surface area contributed by atoms with E-state index < -0.39 is 28.8 Å². The van der Waals surface area contributed by atoms with Gasteiger partial charge in [-0.15, -0.1) is 0 Å². The largest absolute Gasteiger partial charge is 0.250 e. The van der Waals surface area contributed by atoms with Gasteiger partial charge in [-0.1, -0.05) is 12.1 Å². The van der Waals surface area contributed by atoms with Crippen LogP contribution in [0.1, 0.15) is 18.4 Å². The molecule has 102 valence electrons. The summed E-state index contributed by atoms with van der Waals surface area (Å²) in [6.45, 7) is -0.454. The van der Waals surface area contributed by atoms with Gasteiger partial charge in [-0.25, -0.2) is 17.2 Å². The smallest absolute Gasteiger partial charge is 0.207 e. The fourth-order valence-electron chi connectivity index (χ4n) is 1.98. The lowest BCUT2D eigenvalue weighted by Gasteiger charge is -2.31. The maximum atomic E-state index is 13.0. The molecule has 1 aliphatic rings. The van der Waals surface area contributed by atoms with Crippen molar-refractivity contribution in [3.05, 3.63) is 29.8 Å². The predicted octanol–water partition coefficient (Wildman–Crippen LogP) is 1.98. The van der Waals surface area contributed by atoms with E-state index in [1.54, 1.807) is 12.1 Å². The van der Waals surface area contributed by atoms with Gasteiger partial charge in [0.05, 0.1) is 10.5 Å². The van der Waals surface area contributed by atoms with Gasteiger partial charge in [0.15, 0.2) is 0 Å². The molecular weight excluding hydrogens is 274 g/mol. The maximum absolute atomic E-state index is 13.0. The van der Waals surface area contributed by atoms with Gasteiger partial charge >= 0.3 is 0 Å². The van der Waals surface area contributed by atoms with Crippen molar-refractivity contribution in [2.45, 2.75) is 23.7 Å². The highest BCUT2D eigenvalue weighted by Gasteiger charge is 2.39. The Morgan fingerprint density at radius 1 is 1.21 bits per heavy atom. The van der Waals surface area contributed by atoms with Crippen molar-refractivity contribution in [2.75, 3.05) is 13.1 Å². The second-order valence-corrected chi connectivity index (χ2v) is 6.27. The molecule has 0 radical (unpaired) electrons. The summed E-state index contributed by atoms with van der Waals surface area (Å²) in [7, 11) is -3.88. The summed E-state index contributed by atoms with van der Waals surface area (Å²) in [5, 5.41) is 8.91. The first kappa shape index (κ1) is 13.9. The summed E-state index contributed by atoms with van der Waals surface area (Å²) in [5.74, 6) is -2.80. The Labute approximate surface area is 110 Å². The Kier molecular flexibility index (Phi) is 3.56. The van der Waals surface area contributed by atoms with Crippen molar-refractivity contribution in [3.8, 4) is 6.07 Å². The third-order valence-corrected chi connectivity index (χ3v) is 5.04. The lowest BCUT2D eigenvalue weighted by atomic mass is 10.1. The van der Waals surface area contributed by atoms with E-state index in [1.165, 1.54) is 18.2 Å². The van der Waals surface area contributed by atoms with Crippen LogP contribution < -0.4 is 0 Å². The molecule has 1 aromatic rings. The van der Waals surface area contributed by atoms with Gasteiger partial charge in [0.1, 0.15) is 6.07 Å². The van der Waals surface area contributed by atoms with E-state index in [4.69, 9.17) is 5.26 Å². The zero-order valence-electron chi connectivity index (χ0n) is 10.0. The number of halogens is 2. The Morgan fingerprint density at radius 2 is 1.79 bits per heavy atom. The summed E-state index contributed by atoms with van der Waals surface area (Å²) in [5.41, 5.74) is 0.0276. The van der Waals surface area contributed by atoms with Crippen LogP contribution in [0, 0.1) is 11.3 Å².